The molecule has 0 aliphatic rings. The van der Waals surface area contributed by atoms with Gasteiger partial charge in [0, 0.05) is 9.86 Å². The standard InChI is InChI=1S/C9H4BrFO2S/c10-5-3-1-2-4-6(9(12)13)8(11)14-7(4)5/h1-3H,(H,12,13). The molecule has 0 saturated carbocycles. The second kappa shape index (κ2) is 3.33. The maximum atomic E-state index is 13.3. The van der Waals surface area contributed by atoms with E-state index in [1.54, 1.807) is 18.2 Å². The number of thiophene rings is 1. The van der Waals surface area contributed by atoms with Crippen LogP contribution in [0.2, 0.25) is 0 Å². The summed E-state index contributed by atoms with van der Waals surface area (Å²) in [7, 11) is 0. The Morgan fingerprint density at radius 1 is 1.50 bits per heavy atom. The number of hydrogen-bond donors (Lipinski definition) is 1. The van der Waals surface area contributed by atoms with Crippen molar-refractivity contribution < 1.29 is 14.3 Å². The van der Waals surface area contributed by atoms with Crippen molar-refractivity contribution >= 4 is 43.3 Å². The first-order chi connectivity index (χ1) is 6.61. The van der Waals surface area contributed by atoms with Crippen molar-refractivity contribution in [3.63, 3.8) is 0 Å². The van der Waals surface area contributed by atoms with E-state index in [-0.39, 0.29) is 5.56 Å². The highest BCUT2D eigenvalue weighted by molar-refractivity contribution is 9.10. The van der Waals surface area contributed by atoms with Crippen molar-refractivity contribution in [2.45, 2.75) is 0 Å². The number of halogens is 2. The van der Waals surface area contributed by atoms with Crippen LogP contribution in [-0.4, -0.2) is 11.1 Å². The smallest absolute Gasteiger partial charge is 0.340 e. The van der Waals surface area contributed by atoms with Crippen molar-refractivity contribution in [3.8, 4) is 0 Å². The molecule has 0 amide bonds. The molecule has 1 N–H and O–H groups in total. The van der Waals surface area contributed by atoms with Crippen molar-refractivity contribution in [2.75, 3.05) is 0 Å². The van der Waals surface area contributed by atoms with Crippen LogP contribution < -0.4 is 0 Å². The molecule has 0 aliphatic carbocycles. The number of fused-ring (bicyclic) bond motifs is 1. The highest BCUT2D eigenvalue weighted by Gasteiger charge is 2.19. The van der Waals surface area contributed by atoms with E-state index < -0.39 is 11.1 Å². The van der Waals surface area contributed by atoms with Gasteiger partial charge in [-0.2, -0.15) is 4.39 Å². The SMILES string of the molecule is O=C(O)c1c(F)sc2c(Br)cccc12. The predicted molar refractivity (Wildman–Crippen MR) is 56.4 cm³/mol. The Bertz CT molecular complexity index is 521. The molecule has 5 heteroatoms. The molecule has 1 aromatic carbocycles. The number of carboxylic acids is 1. The van der Waals surface area contributed by atoms with E-state index >= 15 is 0 Å². The monoisotopic (exact) mass is 274 g/mol. The normalized spacial score (nSPS) is 10.7. The molecule has 0 saturated heterocycles. The highest BCUT2D eigenvalue weighted by Crippen LogP contribution is 2.34. The van der Waals surface area contributed by atoms with E-state index in [1.807, 2.05) is 0 Å². The molecule has 0 aliphatic heterocycles. The Morgan fingerprint density at radius 2 is 2.21 bits per heavy atom. The Morgan fingerprint density at radius 3 is 2.86 bits per heavy atom. The fraction of sp³-hybridized carbons (Fsp3) is 0. The first-order valence-corrected chi connectivity index (χ1v) is 5.32. The van der Waals surface area contributed by atoms with E-state index in [2.05, 4.69) is 15.9 Å². The van der Waals surface area contributed by atoms with Crippen LogP contribution in [0.3, 0.4) is 0 Å². The van der Waals surface area contributed by atoms with Crippen LogP contribution in [-0.2, 0) is 0 Å². The largest absolute Gasteiger partial charge is 0.478 e. The zero-order valence-electron chi connectivity index (χ0n) is 6.75. The molecule has 0 radical (unpaired) electrons. The number of hydrogen-bond acceptors (Lipinski definition) is 2. The number of benzene rings is 1. The molecule has 2 nitrogen and oxygen atoms in total. The zero-order valence-corrected chi connectivity index (χ0v) is 9.15. The lowest BCUT2D eigenvalue weighted by Crippen LogP contribution is -1.96. The van der Waals surface area contributed by atoms with Crippen molar-refractivity contribution in [3.05, 3.63) is 33.4 Å². The third-order valence-electron chi connectivity index (χ3n) is 1.84. The molecular formula is C9H4BrFO2S. The summed E-state index contributed by atoms with van der Waals surface area (Å²) in [6, 6.07) is 5.04. The predicted octanol–water partition coefficient (Wildman–Crippen LogP) is 3.50. The van der Waals surface area contributed by atoms with Crippen molar-refractivity contribution in [1.82, 2.24) is 0 Å². The van der Waals surface area contributed by atoms with Crippen LogP contribution in [0.25, 0.3) is 10.1 Å². The summed E-state index contributed by atoms with van der Waals surface area (Å²) in [6.45, 7) is 0. The number of carboxylic acid groups (broad SMARTS) is 1. The van der Waals surface area contributed by atoms with Gasteiger partial charge < -0.3 is 5.11 Å². The molecule has 0 bridgehead atoms. The minimum absolute atomic E-state index is 0.244. The molecule has 0 fully saturated rings. The molecule has 1 aromatic heterocycles. The molecule has 1 heterocycles. The lowest BCUT2D eigenvalue weighted by Gasteiger charge is -1.93. The number of aromatic carboxylic acids is 1. The first kappa shape index (κ1) is 9.61. The molecule has 72 valence electrons. The summed E-state index contributed by atoms with van der Waals surface area (Å²) in [4.78, 5) is 10.8. The van der Waals surface area contributed by atoms with Gasteiger partial charge in [0.2, 0.25) is 0 Å². The van der Waals surface area contributed by atoms with Gasteiger partial charge in [-0.05, 0) is 22.0 Å². The van der Waals surface area contributed by atoms with Crippen LogP contribution in [0.4, 0.5) is 4.39 Å². The second-order valence-corrected chi connectivity index (χ2v) is 4.50. The van der Waals surface area contributed by atoms with Crippen LogP contribution in [0.1, 0.15) is 10.4 Å². The summed E-state index contributed by atoms with van der Waals surface area (Å²) in [5.41, 5.74) is -0.244. The van der Waals surface area contributed by atoms with Crippen LogP contribution >= 0.6 is 27.3 Å². The average Bonchev–Trinajstić information content (AvgIpc) is 2.42. The summed E-state index contributed by atoms with van der Waals surface area (Å²) in [6.07, 6.45) is 0. The van der Waals surface area contributed by atoms with Crippen molar-refractivity contribution in [2.24, 2.45) is 0 Å². The van der Waals surface area contributed by atoms with Gasteiger partial charge in [0.05, 0.1) is 4.70 Å². The number of rotatable bonds is 1. The Balaban J connectivity index is 2.90. The van der Waals surface area contributed by atoms with Gasteiger partial charge >= 0.3 is 5.97 Å². The molecule has 14 heavy (non-hydrogen) atoms. The third kappa shape index (κ3) is 1.33. The van der Waals surface area contributed by atoms with E-state index in [9.17, 15) is 9.18 Å². The fourth-order valence-corrected chi connectivity index (χ4v) is 2.79. The summed E-state index contributed by atoms with van der Waals surface area (Å²) < 4.78 is 14.6. The first-order valence-electron chi connectivity index (χ1n) is 3.71. The van der Waals surface area contributed by atoms with E-state index in [4.69, 9.17) is 5.11 Å². The lowest BCUT2D eigenvalue weighted by atomic mass is 10.2. The molecule has 0 spiro atoms. The lowest BCUT2D eigenvalue weighted by molar-refractivity contribution is 0.0695. The Labute approximate surface area is 91.1 Å². The van der Waals surface area contributed by atoms with Gasteiger partial charge in [0.1, 0.15) is 5.56 Å². The second-order valence-electron chi connectivity index (χ2n) is 2.67. The maximum Gasteiger partial charge on any atom is 0.340 e. The molecular weight excluding hydrogens is 271 g/mol. The Kier molecular flexibility index (Phi) is 2.28. The quantitative estimate of drug-likeness (QED) is 0.864. The van der Waals surface area contributed by atoms with Crippen LogP contribution in [0.15, 0.2) is 22.7 Å². The van der Waals surface area contributed by atoms with Gasteiger partial charge in [0.15, 0.2) is 5.13 Å². The van der Waals surface area contributed by atoms with E-state index in [0.717, 1.165) is 11.3 Å². The summed E-state index contributed by atoms with van der Waals surface area (Å²) in [5, 5.41) is 8.58. The maximum absolute atomic E-state index is 13.3. The number of carbonyl (C=O) groups is 1. The van der Waals surface area contributed by atoms with Gasteiger partial charge in [-0.25, -0.2) is 4.79 Å². The molecule has 2 aromatic rings. The van der Waals surface area contributed by atoms with Gasteiger partial charge in [0.25, 0.3) is 0 Å². The average molecular weight is 275 g/mol. The zero-order chi connectivity index (χ0) is 10.3. The van der Waals surface area contributed by atoms with E-state index in [0.29, 0.717) is 14.6 Å². The van der Waals surface area contributed by atoms with Crippen LogP contribution in [0.5, 0.6) is 0 Å². The topological polar surface area (TPSA) is 37.3 Å². The van der Waals surface area contributed by atoms with Crippen LogP contribution in [0, 0.1) is 5.13 Å². The van der Waals surface area contributed by atoms with Gasteiger partial charge in [-0.1, -0.05) is 12.1 Å². The summed E-state index contributed by atoms with van der Waals surface area (Å²) >= 11 is 4.08. The van der Waals surface area contributed by atoms with Gasteiger partial charge in [-0.15, -0.1) is 11.3 Å². The third-order valence-corrected chi connectivity index (χ3v) is 3.79. The Hall–Kier alpha value is -0.940. The van der Waals surface area contributed by atoms with Crippen molar-refractivity contribution in [1.29, 1.82) is 0 Å². The minimum atomic E-state index is -1.23. The van der Waals surface area contributed by atoms with E-state index in [1.165, 1.54) is 0 Å². The molecule has 0 atom stereocenters. The molecule has 0 unspecified atom stereocenters. The van der Waals surface area contributed by atoms with Gasteiger partial charge in [-0.3, -0.25) is 0 Å². The molecule has 2 rings (SSSR count). The minimum Gasteiger partial charge on any atom is -0.478 e. The highest BCUT2D eigenvalue weighted by atomic mass is 79.9. The summed E-state index contributed by atoms with van der Waals surface area (Å²) in [5.74, 6) is -1.23. The fourth-order valence-electron chi connectivity index (χ4n) is 1.26.